The van der Waals surface area contributed by atoms with Crippen LogP contribution in [0.4, 0.5) is 0 Å². The molecule has 0 bridgehead atoms. The van der Waals surface area contributed by atoms with Crippen molar-refractivity contribution in [1.82, 2.24) is 24.6 Å². The van der Waals surface area contributed by atoms with Crippen molar-refractivity contribution < 1.29 is 9.53 Å². The standard InChI is InChI=1S/C16H20ClN5O2/c1-9(2)13-19-20-14-10(3)21(5-6-22(13)14)16(23)11-7-12(17)15(24-4)18-8-11/h7-10H,5-6H2,1-4H3. The molecule has 0 spiro atoms. The van der Waals surface area contributed by atoms with Gasteiger partial charge < -0.3 is 14.2 Å². The van der Waals surface area contributed by atoms with Crippen LogP contribution in [0.5, 0.6) is 5.88 Å². The number of carbonyl (C=O) groups is 1. The third kappa shape index (κ3) is 2.73. The Morgan fingerprint density at radius 3 is 2.75 bits per heavy atom. The number of hydrogen-bond acceptors (Lipinski definition) is 5. The molecule has 7 nitrogen and oxygen atoms in total. The van der Waals surface area contributed by atoms with E-state index in [1.54, 1.807) is 11.0 Å². The van der Waals surface area contributed by atoms with Crippen LogP contribution < -0.4 is 4.74 Å². The van der Waals surface area contributed by atoms with Crippen molar-refractivity contribution >= 4 is 17.5 Å². The highest BCUT2D eigenvalue weighted by molar-refractivity contribution is 6.32. The summed E-state index contributed by atoms with van der Waals surface area (Å²) >= 11 is 6.08. The van der Waals surface area contributed by atoms with Crippen LogP contribution in [0, 0.1) is 0 Å². The van der Waals surface area contributed by atoms with E-state index in [1.807, 2.05) is 6.92 Å². The summed E-state index contributed by atoms with van der Waals surface area (Å²) in [6.45, 7) is 7.41. The van der Waals surface area contributed by atoms with Crippen molar-refractivity contribution in [1.29, 1.82) is 0 Å². The largest absolute Gasteiger partial charge is 0.480 e. The molecule has 0 aliphatic carbocycles. The lowest BCUT2D eigenvalue weighted by atomic mass is 10.1. The summed E-state index contributed by atoms with van der Waals surface area (Å²) in [5.41, 5.74) is 0.435. The molecule has 128 valence electrons. The summed E-state index contributed by atoms with van der Waals surface area (Å²) in [7, 11) is 1.49. The predicted octanol–water partition coefficient (Wildman–Crippen LogP) is 2.68. The molecule has 24 heavy (non-hydrogen) atoms. The highest BCUT2D eigenvalue weighted by Crippen LogP contribution is 2.29. The first-order chi connectivity index (χ1) is 11.4. The van der Waals surface area contributed by atoms with Crippen molar-refractivity contribution in [3.05, 3.63) is 34.5 Å². The minimum Gasteiger partial charge on any atom is -0.480 e. The fraction of sp³-hybridized carbons (Fsp3) is 0.500. The molecule has 2 aromatic rings. The Balaban J connectivity index is 1.88. The fourth-order valence-corrected chi connectivity index (χ4v) is 3.21. The molecule has 0 fully saturated rings. The van der Waals surface area contributed by atoms with E-state index < -0.39 is 0 Å². The normalized spacial score (nSPS) is 17.1. The molecule has 1 atom stereocenters. The molecular formula is C16H20ClN5O2. The van der Waals surface area contributed by atoms with Crippen molar-refractivity contribution in [2.75, 3.05) is 13.7 Å². The number of ether oxygens (including phenoxy) is 1. The number of nitrogens with zero attached hydrogens (tertiary/aromatic N) is 5. The minimum atomic E-state index is -0.160. The number of carbonyl (C=O) groups excluding carboxylic acids is 1. The summed E-state index contributed by atoms with van der Waals surface area (Å²) < 4.78 is 7.14. The second-order valence-electron chi connectivity index (χ2n) is 6.11. The van der Waals surface area contributed by atoms with Gasteiger partial charge in [-0.2, -0.15) is 0 Å². The fourth-order valence-electron chi connectivity index (χ4n) is 2.97. The lowest BCUT2D eigenvalue weighted by Gasteiger charge is -2.34. The second-order valence-corrected chi connectivity index (χ2v) is 6.52. The number of amides is 1. The summed E-state index contributed by atoms with van der Waals surface area (Å²) in [6, 6.07) is 1.42. The Hall–Kier alpha value is -2.15. The van der Waals surface area contributed by atoms with Crippen LogP contribution in [0.1, 0.15) is 54.7 Å². The SMILES string of the molecule is COc1ncc(C(=O)N2CCn3c(C(C)C)nnc3C2C)cc1Cl. The minimum absolute atomic E-state index is 0.125. The van der Waals surface area contributed by atoms with Gasteiger partial charge in [-0.25, -0.2) is 4.98 Å². The van der Waals surface area contributed by atoms with Crippen LogP contribution in [-0.4, -0.2) is 44.2 Å². The van der Waals surface area contributed by atoms with Crippen molar-refractivity contribution in [2.45, 2.75) is 39.3 Å². The molecule has 1 aliphatic heterocycles. The van der Waals surface area contributed by atoms with Gasteiger partial charge in [0.25, 0.3) is 5.91 Å². The van der Waals surface area contributed by atoms with Gasteiger partial charge in [-0.3, -0.25) is 4.79 Å². The third-order valence-electron chi connectivity index (χ3n) is 4.24. The Bertz CT molecular complexity index is 774. The van der Waals surface area contributed by atoms with Crippen LogP contribution in [-0.2, 0) is 6.54 Å². The molecule has 0 aromatic carbocycles. The Labute approximate surface area is 145 Å². The van der Waals surface area contributed by atoms with Gasteiger partial charge in [-0.1, -0.05) is 25.4 Å². The van der Waals surface area contributed by atoms with E-state index >= 15 is 0 Å². The maximum Gasteiger partial charge on any atom is 0.256 e. The molecule has 3 heterocycles. The summed E-state index contributed by atoms with van der Waals surface area (Å²) in [5, 5.41) is 8.88. The van der Waals surface area contributed by atoms with E-state index in [2.05, 4.69) is 33.6 Å². The molecule has 8 heteroatoms. The maximum absolute atomic E-state index is 12.8. The average Bonchev–Trinajstić information content (AvgIpc) is 2.99. The smallest absolute Gasteiger partial charge is 0.256 e. The van der Waals surface area contributed by atoms with E-state index in [4.69, 9.17) is 16.3 Å². The van der Waals surface area contributed by atoms with Crippen molar-refractivity contribution in [3.63, 3.8) is 0 Å². The molecule has 1 unspecified atom stereocenters. The maximum atomic E-state index is 12.8. The van der Waals surface area contributed by atoms with Crippen LogP contribution in [0.15, 0.2) is 12.3 Å². The van der Waals surface area contributed by atoms with Crippen molar-refractivity contribution in [3.8, 4) is 5.88 Å². The highest BCUT2D eigenvalue weighted by atomic mass is 35.5. The number of hydrogen-bond donors (Lipinski definition) is 0. The first kappa shape index (κ1) is 16.7. The molecule has 1 amide bonds. The van der Waals surface area contributed by atoms with Crippen LogP contribution in [0.25, 0.3) is 0 Å². The van der Waals surface area contributed by atoms with Gasteiger partial charge in [0, 0.05) is 25.2 Å². The van der Waals surface area contributed by atoms with Gasteiger partial charge in [0.2, 0.25) is 5.88 Å². The number of aromatic nitrogens is 4. The van der Waals surface area contributed by atoms with E-state index in [9.17, 15) is 4.79 Å². The predicted molar refractivity (Wildman–Crippen MR) is 89.4 cm³/mol. The monoisotopic (exact) mass is 349 g/mol. The lowest BCUT2D eigenvalue weighted by molar-refractivity contribution is 0.0635. The number of fused-ring (bicyclic) bond motifs is 1. The molecular weight excluding hydrogens is 330 g/mol. The Kier molecular flexibility index (Phi) is 4.45. The molecule has 0 N–H and O–H groups in total. The van der Waals surface area contributed by atoms with Crippen LogP contribution in [0.3, 0.4) is 0 Å². The summed E-state index contributed by atoms with van der Waals surface area (Å²) in [5.74, 6) is 2.25. The molecule has 0 saturated carbocycles. The lowest BCUT2D eigenvalue weighted by Crippen LogP contribution is -2.41. The number of methoxy groups -OCH3 is 1. The topological polar surface area (TPSA) is 73.1 Å². The van der Waals surface area contributed by atoms with Gasteiger partial charge >= 0.3 is 0 Å². The first-order valence-electron chi connectivity index (χ1n) is 7.87. The molecule has 3 rings (SSSR count). The van der Waals surface area contributed by atoms with Gasteiger partial charge in [-0.05, 0) is 13.0 Å². The van der Waals surface area contributed by atoms with Crippen LogP contribution in [0.2, 0.25) is 5.02 Å². The van der Waals surface area contributed by atoms with Gasteiger partial charge in [-0.15, -0.1) is 10.2 Å². The highest BCUT2D eigenvalue weighted by Gasteiger charge is 2.32. The molecule has 1 aliphatic rings. The number of pyridine rings is 1. The van der Waals surface area contributed by atoms with E-state index in [0.717, 1.165) is 11.6 Å². The van der Waals surface area contributed by atoms with Crippen molar-refractivity contribution in [2.24, 2.45) is 0 Å². The van der Waals surface area contributed by atoms with Gasteiger partial charge in [0.15, 0.2) is 5.82 Å². The Morgan fingerprint density at radius 1 is 1.38 bits per heavy atom. The number of rotatable bonds is 3. The Morgan fingerprint density at radius 2 is 2.12 bits per heavy atom. The third-order valence-corrected chi connectivity index (χ3v) is 4.51. The van der Waals surface area contributed by atoms with E-state index in [0.29, 0.717) is 35.5 Å². The first-order valence-corrected chi connectivity index (χ1v) is 8.25. The number of halogens is 1. The summed E-state index contributed by atoms with van der Waals surface area (Å²) in [6.07, 6.45) is 1.48. The molecule has 2 aromatic heterocycles. The van der Waals surface area contributed by atoms with E-state index in [-0.39, 0.29) is 11.9 Å². The van der Waals surface area contributed by atoms with Gasteiger partial charge in [0.1, 0.15) is 10.8 Å². The van der Waals surface area contributed by atoms with Gasteiger partial charge in [0.05, 0.1) is 18.7 Å². The zero-order chi connectivity index (χ0) is 17.4. The van der Waals surface area contributed by atoms with Crippen LogP contribution >= 0.6 is 11.6 Å². The molecule has 0 saturated heterocycles. The quantitative estimate of drug-likeness (QED) is 0.851. The summed E-state index contributed by atoms with van der Waals surface area (Å²) in [4.78, 5) is 18.7. The average molecular weight is 350 g/mol. The van der Waals surface area contributed by atoms with E-state index in [1.165, 1.54) is 13.3 Å². The zero-order valence-electron chi connectivity index (χ0n) is 14.2. The molecule has 0 radical (unpaired) electrons. The second kappa shape index (κ2) is 6.39. The zero-order valence-corrected chi connectivity index (χ0v) is 14.9.